The molecule has 2 unspecified atom stereocenters. The molecule has 5 rings (SSSR count). The van der Waals surface area contributed by atoms with E-state index in [0.717, 1.165) is 19.3 Å². The number of anilines is 1. The molecule has 0 radical (unpaired) electrons. The summed E-state index contributed by atoms with van der Waals surface area (Å²) in [5, 5.41) is 30.0. The summed E-state index contributed by atoms with van der Waals surface area (Å²) in [5.41, 5.74) is 1.81. The fourth-order valence-corrected chi connectivity index (χ4v) is 4.40. The number of aromatic hydroxyl groups is 1. The Balaban J connectivity index is 1.36. The highest BCUT2D eigenvalue weighted by Crippen LogP contribution is 2.34. The van der Waals surface area contributed by atoms with Crippen molar-refractivity contribution in [1.29, 1.82) is 0 Å². The molecule has 3 aromatic rings. The predicted octanol–water partition coefficient (Wildman–Crippen LogP) is 2.10. The SMILES string of the molecule is CN(c1ccc(-c2ccc(-n3ccnn3)cc2O)nn1)[C@H]1CC2CCC(N2)[C@@H]1F. The number of phenols is 1. The molecule has 0 saturated carbocycles. The number of hydrogen-bond acceptors (Lipinski definition) is 7. The van der Waals surface area contributed by atoms with Crippen molar-refractivity contribution in [2.24, 2.45) is 0 Å². The van der Waals surface area contributed by atoms with Crippen LogP contribution in [0.1, 0.15) is 19.3 Å². The molecule has 9 heteroatoms. The van der Waals surface area contributed by atoms with E-state index < -0.39 is 6.17 Å². The molecule has 2 aliphatic rings. The molecule has 2 aromatic heterocycles. The molecule has 2 saturated heterocycles. The van der Waals surface area contributed by atoms with Crippen molar-refractivity contribution < 1.29 is 9.50 Å². The minimum atomic E-state index is -0.923. The van der Waals surface area contributed by atoms with Crippen LogP contribution < -0.4 is 10.2 Å². The van der Waals surface area contributed by atoms with Crippen molar-refractivity contribution in [3.05, 3.63) is 42.7 Å². The zero-order valence-electron chi connectivity index (χ0n) is 16.0. The molecule has 0 amide bonds. The second-order valence-corrected chi connectivity index (χ2v) is 7.73. The number of phenolic OH excluding ortho intramolecular Hbond substituents is 1. The monoisotopic (exact) mass is 395 g/mol. The van der Waals surface area contributed by atoms with Crippen molar-refractivity contribution in [3.8, 4) is 22.7 Å². The van der Waals surface area contributed by atoms with Crippen LogP contribution in [0.2, 0.25) is 0 Å². The Bertz CT molecular complexity index is 995. The van der Waals surface area contributed by atoms with Crippen LogP contribution in [0.4, 0.5) is 10.2 Å². The lowest BCUT2D eigenvalue weighted by atomic mass is 9.96. The number of nitrogens with zero attached hydrogens (tertiary/aromatic N) is 6. The van der Waals surface area contributed by atoms with Gasteiger partial charge in [-0.25, -0.2) is 9.07 Å². The lowest BCUT2D eigenvalue weighted by Gasteiger charge is -2.38. The summed E-state index contributed by atoms with van der Waals surface area (Å²) < 4.78 is 16.4. The standard InChI is InChI=1S/C20H22FN7O/c1-27(17-10-12-2-5-16(23-12)20(17)21)19-7-6-15(24-25-19)14-4-3-13(11-18(14)29)28-9-8-22-26-28/h3-4,6-9,11-12,16-17,20,23,29H,2,5,10H2,1H3/t12?,16?,17-,20-/m0/s1. The van der Waals surface area contributed by atoms with E-state index in [0.29, 0.717) is 28.8 Å². The van der Waals surface area contributed by atoms with Gasteiger partial charge in [0.1, 0.15) is 11.9 Å². The van der Waals surface area contributed by atoms with Crippen molar-refractivity contribution in [2.45, 2.75) is 43.6 Å². The summed E-state index contributed by atoms with van der Waals surface area (Å²) in [6.07, 6.45) is 5.04. The maximum atomic E-state index is 14.8. The fraction of sp³-hybridized carbons (Fsp3) is 0.400. The molecule has 2 aliphatic heterocycles. The number of aromatic nitrogens is 5. The molecule has 0 spiro atoms. The maximum absolute atomic E-state index is 14.8. The predicted molar refractivity (Wildman–Crippen MR) is 106 cm³/mol. The second kappa shape index (κ2) is 7.07. The molecule has 1 aromatic carbocycles. The normalized spacial score (nSPS) is 25.9. The molecule has 8 nitrogen and oxygen atoms in total. The summed E-state index contributed by atoms with van der Waals surface area (Å²) >= 11 is 0. The second-order valence-electron chi connectivity index (χ2n) is 7.73. The highest BCUT2D eigenvalue weighted by molar-refractivity contribution is 5.69. The fourth-order valence-electron chi connectivity index (χ4n) is 4.40. The van der Waals surface area contributed by atoms with Gasteiger partial charge < -0.3 is 15.3 Å². The molecule has 4 heterocycles. The highest BCUT2D eigenvalue weighted by atomic mass is 19.1. The molecule has 150 valence electrons. The van der Waals surface area contributed by atoms with E-state index in [1.807, 2.05) is 24.1 Å². The van der Waals surface area contributed by atoms with Crippen LogP contribution in [0.3, 0.4) is 0 Å². The van der Waals surface area contributed by atoms with Gasteiger partial charge in [0.2, 0.25) is 0 Å². The average Bonchev–Trinajstić information content (AvgIpc) is 3.41. The van der Waals surface area contributed by atoms with E-state index in [9.17, 15) is 9.50 Å². The first-order valence-corrected chi connectivity index (χ1v) is 9.77. The Kier molecular flexibility index (Phi) is 4.39. The third-order valence-corrected chi connectivity index (χ3v) is 6.01. The Labute approximate surface area is 167 Å². The Hall–Kier alpha value is -3.07. The summed E-state index contributed by atoms with van der Waals surface area (Å²) in [6.45, 7) is 0. The van der Waals surface area contributed by atoms with Gasteiger partial charge in [0.05, 0.1) is 29.8 Å². The van der Waals surface area contributed by atoms with Gasteiger partial charge >= 0.3 is 0 Å². The minimum absolute atomic E-state index is 0.0612. The summed E-state index contributed by atoms with van der Waals surface area (Å²) in [5.74, 6) is 0.702. The first-order valence-electron chi connectivity index (χ1n) is 9.77. The minimum Gasteiger partial charge on any atom is -0.507 e. The van der Waals surface area contributed by atoms with Gasteiger partial charge in [-0.2, -0.15) is 0 Å². The number of benzene rings is 1. The van der Waals surface area contributed by atoms with Crippen molar-refractivity contribution >= 4 is 5.82 Å². The Morgan fingerprint density at radius 3 is 2.83 bits per heavy atom. The number of hydrogen-bond donors (Lipinski definition) is 2. The quantitative estimate of drug-likeness (QED) is 0.699. The number of piperidine rings is 1. The van der Waals surface area contributed by atoms with E-state index in [-0.39, 0.29) is 17.8 Å². The van der Waals surface area contributed by atoms with E-state index >= 15 is 0 Å². The third kappa shape index (κ3) is 3.21. The molecule has 29 heavy (non-hydrogen) atoms. The van der Waals surface area contributed by atoms with Crippen LogP contribution >= 0.6 is 0 Å². The van der Waals surface area contributed by atoms with Crippen LogP contribution in [-0.2, 0) is 0 Å². The maximum Gasteiger partial charge on any atom is 0.151 e. The topological polar surface area (TPSA) is 92.0 Å². The highest BCUT2D eigenvalue weighted by Gasteiger charge is 2.43. The molecule has 4 atom stereocenters. The lowest BCUT2D eigenvalue weighted by Crippen LogP contribution is -2.55. The zero-order valence-corrected chi connectivity index (χ0v) is 16.0. The van der Waals surface area contributed by atoms with Crippen LogP contribution in [0.25, 0.3) is 16.9 Å². The third-order valence-electron chi connectivity index (χ3n) is 6.01. The summed E-state index contributed by atoms with van der Waals surface area (Å²) in [4.78, 5) is 1.89. The number of alkyl halides is 1. The largest absolute Gasteiger partial charge is 0.507 e. The van der Waals surface area contributed by atoms with Gasteiger partial charge in [-0.3, -0.25) is 0 Å². The average molecular weight is 395 g/mol. The van der Waals surface area contributed by atoms with Gasteiger partial charge in [-0.15, -0.1) is 15.3 Å². The Morgan fingerprint density at radius 2 is 2.10 bits per heavy atom. The molecule has 2 fully saturated rings. The molecular weight excluding hydrogens is 373 g/mol. The lowest BCUT2D eigenvalue weighted by molar-refractivity contribution is 0.176. The van der Waals surface area contributed by atoms with Gasteiger partial charge in [0, 0.05) is 30.8 Å². The van der Waals surface area contributed by atoms with Crippen molar-refractivity contribution in [2.75, 3.05) is 11.9 Å². The van der Waals surface area contributed by atoms with Gasteiger partial charge in [-0.05, 0) is 43.5 Å². The number of rotatable bonds is 4. The van der Waals surface area contributed by atoms with Crippen LogP contribution in [0, 0.1) is 0 Å². The van der Waals surface area contributed by atoms with Crippen LogP contribution in [0.5, 0.6) is 5.75 Å². The van der Waals surface area contributed by atoms with Crippen molar-refractivity contribution in [1.82, 2.24) is 30.5 Å². The number of nitrogens with one attached hydrogen (secondary N) is 1. The van der Waals surface area contributed by atoms with E-state index in [1.54, 1.807) is 35.3 Å². The molecule has 2 bridgehead atoms. The molecule has 2 N–H and O–H groups in total. The number of fused-ring (bicyclic) bond motifs is 2. The van der Waals surface area contributed by atoms with Crippen LogP contribution in [-0.4, -0.2) is 61.6 Å². The van der Waals surface area contributed by atoms with E-state index in [2.05, 4.69) is 25.8 Å². The van der Waals surface area contributed by atoms with Crippen molar-refractivity contribution in [3.63, 3.8) is 0 Å². The first kappa shape index (κ1) is 18.0. The van der Waals surface area contributed by atoms with Gasteiger partial charge in [0.15, 0.2) is 5.82 Å². The number of halogens is 1. The smallest absolute Gasteiger partial charge is 0.151 e. The first-order chi connectivity index (χ1) is 14.1. The van der Waals surface area contributed by atoms with Gasteiger partial charge in [-0.1, -0.05) is 5.21 Å². The van der Waals surface area contributed by atoms with E-state index in [1.165, 1.54) is 0 Å². The van der Waals surface area contributed by atoms with Crippen LogP contribution in [0.15, 0.2) is 42.7 Å². The van der Waals surface area contributed by atoms with E-state index in [4.69, 9.17) is 0 Å². The Morgan fingerprint density at radius 1 is 1.21 bits per heavy atom. The summed E-state index contributed by atoms with van der Waals surface area (Å²) in [7, 11) is 1.87. The molecule has 0 aliphatic carbocycles. The zero-order chi connectivity index (χ0) is 20.0. The molecular formula is C20H22FN7O. The van der Waals surface area contributed by atoms with Gasteiger partial charge in [0.25, 0.3) is 0 Å². The summed E-state index contributed by atoms with van der Waals surface area (Å²) in [6, 6.07) is 8.93.